The Kier molecular flexibility index (Phi) is 3.22. The Morgan fingerprint density at radius 1 is 1.24 bits per heavy atom. The van der Waals surface area contributed by atoms with Gasteiger partial charge in [0.05, 0.1) is 5.69 Å². The minimum absolute atomic E-state index is 0.157. The lowest BCUT2D eigenvalue weighted by molar-refractivity contribution is -0.121. The lowest BCUT2D eigenvalue weighted by Crippen LogP contribution is -2.27. The van der Waals surface area contributed by atoms with Crippen LogP contribution in [0.25, 0.3) is 11.4 Å². The van der Waals surface area contributed by atoms with Gasteiger partial charge in [0.1, 0.15) is 5.69 Å². The first-order chi connectivity index (χ1) is 10.3. The van der Waals surface area contributed by atoms with Crippen molar-refractivity contribution < 1.29 is 4.79 Å². The van der Waals surface area contributed by atoms with E-state index in [0.29, 0.717) is 11.0 Å². The van der Waals surface area contributed by atoms with E-state index in [1.165, 1.54) is 30.6 Å². The molecule has 21 heavy (non-hydrogen) atoms. The maximum Gasteiger partial charge on any atom is 0.229 e. The van der Waals surface area contributed by atoms with Crippen molar-refractivity contribution in [2.24, 2.45) is 17.8 Å². The van der Waals surface area contributed by atoms with Crippen molar-refractivity contribution in [3.05, 3.63) is 29.8 Å². The third-order valence-electron chi connectivity index (χ3n) is 4.74. The van der Waals surface area contributed by atoms with Crippen molar-refractivity contribution in [1.29, 1.82) is 0 Å². The highest BCUT2D eigenvalue weighted by Crippen LogP contribution is 2.48. The molecule has 0 aliphatic heterocycles. The lowest BCUT2D eigenvalue weighted by Gasteiger charge is -2.19. The number of anilines is 1. The van der Waals surface area contributed by atoms with Crippen LogP contribution in [0.5, 0.6) is 0 Å². The maximum atomic E-state index is 12.4. The van der Waals surface area contributed by atoms with E-state index >= 15 is 0 Å². The van der Waals surface area contributed by atoms with Crippen LogP contribution in [0.4, 0.5) is 5.13 Å². The molecule has 0 radical (unpaired) electrons. The van der Waals surface area contributed by atoms with E-state index in [4.69, 9.17) is 0 Å². The topological polar surface area (TPSA) is 54.9 Å². The Morgan fingerprint density at radius 2 is 2.19 bits per heavy atom. The number of thiazole rings is 1. The fraction of sp³-hybridized carbons (Fsp3) is 0.438. The second-order valence-electron chi connectivity index (χ2n) is 6.02. The summed E-state index contributed by atoms with van der Waals surface area (Å²) < 4.78 is 0. The smallest absolute Gasteiger partial charge is 0.229 e. The van der Waals surface area contributed by atoms with Crippen LogP contribution >= 0.6 is 11.3 Å². The van der Waals surface area contributed by atoms with E-state index in [1.54, 1.807) is 6.20 Å². The zero-order valence-electron chi connectivity index (χ0n) is 11.7. The van der Waals surface area contributed by atoms with E-state index in [-0.39, 0.29) is 11.8 Å². The molecule has 2 bridgehead atoms. The number of fused-ring (bicyclic) bond motifs is 2. The largest absolute Gasteiger partial charge is 0.302 e. The summed E-state index contributed by atoms with van der Waals surface area (Å²) in [4.78, 5) is 21.1. The molecule has 2 saturated carbocycles. The normalized spacial score (nSPS) is 27.0. The second-order valence-corrected chi connectivity index (χ2v) is 6.88. The molecule has 0 aromatic carbocycles. The number of carbonyl (C=O) groups is 1. The van der Waals surface area contributed by atoms with Crippen molar-refractivity contribution in [2.45, 2.75) is 25.7 Å². The van der Waals surface area contributed by atoms with Gasteiger partial charge in [-0.3, -0.25) is 9.78 Å². The fourth-order valence-corrected chi connectivity index (χ4v) is 4.43. The summed E-state index contributed by atoms with van der Waals surface area (Å²) in [7, 11) is 0. The molecular formula is C16H17N3OS. The summed E-state index contributed by atoms with van der Waals surface area (Å²) in [6.45, 7) is 0. The molecule has 1 amide bonds. The molecule has 2 fully saturated rings. The number of hydrogen-bond acceptors (Lipinski definition) is 4. The van der Waals surface area contributed by atoms with Gasteiger partial charge in [-0.15, -0.1) is 11.3 Å². The Hall–Kier alpha value is -1.75. The molecule has 5 heteroatoms. The quantitative estimate of drug-likeness (QED) is 0.942. The number of amides is 1. The Morgan fingerprint density at radius 3 is 2.90 bits per heavy atom. The van der Waals surface area contributed by atoms with Crippen LogP contribution in [0.3, 0.4) is 0 Å². The molecule has 3 unspecified atom stereocenters. The van der Waals surface area contributed by atoms with Crippen LogP contribution in [0.2, 0.25) is 0 Å². The molecule has 2 aromatic rings. The summed E-state index contributed by atoms with van der Waals surface area (Å²) in [5.74, 6) is 1.74. The van der Waals surface area contributed by atoms with Crippen LogP contribution in [-0.2, 0) is 4.79 Å². The molecule has 2 aromatic heterocycles. The van der Waals surface area contributed by atoms with Crippen molar-refractivity contribution in [3.63, 3.8) is 0 Å². The summed E-state index contributed by atoms with van der Waals surface area (Å²) in [5.41, 5.74) is 1.66. The van der Waals surface area contributed by atoms with Gasteiger partial charge in [-0.2, -0.15) is 0 Å². The van der Waals surface area contributed by atoms with Gasteiger partial charge in [0, 0.05) is 17.5 Å². The monoisotopic (exact) mass is 299 g/mol. The van der Waals surface area contributed by atoms with Gasteiger partial charge >= 0.3 is 0 Å². The molecule has 0 saturated heterocycles. The molecule has 3 atom stereocenters. The SMILES string of the molecule is O=C(Nc1nc(-c2ccccn2)cs1)C1CC2CCC1C2. The molecule has 4 nitrogen and oxygen atoms in total. The highest BCUT2D eigenvalue weighted by Gasteiger charge is 2.43. The predicted octanol–water partition coefficient (Wildman–Crippen LogP) is 3.58. The van der Waals surface area contributed by atoms with Gasteiger partial charge in [0.15, 0.2) is 5.13 Å². The number of aromatic nitrogens is 2. The summed E-state index contributed by atoms with van der Waals surface area (Å²) in [6, 6.07) is 5.75. The van der Waals surface area contributed by atoms with Gasteiger partial charge in [0.25, 0.3) is 0 Å². The number of carbonyl (C=O) groups excluding carboxylic acids is 1. The Balaban J connectivity index is 1.46. The van der Waals surface area contributed by atoms with Gasteiger partial charge in [-0.25, -0.2) is 4.98 Å². The summed E-state index contributed by atoms with van der Waals surface area (Å²) >= 11 is 1.47. The van der Waals surface area contributed by atoms with Crippen molar-refractivity contribution in [2.75, 3.05) is 5.32 Å². The predicted molar refractivity (Wildman–Crippen MR) is 82.9 cm³/mol. The van der Waals surface area contributed by atoms with Gasteiger partial charge in [-0.05, 0) is 43.2 Å². The molecule has 0 spiro atoms. The van der Waals surface area contributed by atoms with Crippen molar-refractivity contribution >= 4 is 22.4 Å². The lowest BCUT2D eigenvalue weighted by atomic mass is 9.88. The molecular weight excluding hydrogens is 282 g/mol. The minimum Gasteiger partial charge on any atom is -0.302 e. The molecule has 108 valence electrons. The second kappa shape index (κ2) is 5.22. The van der Waals surface area contributed by atoms with Gasteiger partial charge in [-0.1, -0.05) is 12.5 Å². The average molecular weight is 299 g/mol. The van der Waals surface area contributed by atoms with Gasteiger partial charge in [0.2, 0.25) is 5.91 Å². The highest BCUT2D eigenvalue weighted by molar-refractivity contribution is 7.14. The van der Waals surface area contributed by atoms with Crippen LogP contribution in [0, 0.1) is 17.8 Å². The first-order valence-electron chi connectivity index (χ1n) is 7.47. The fourth-order valence-electron chi connectivity index (χ4n) is 3.73. The molecule has 2 aliphatic carbocycles. The first kappa shape index (κ1) is 13.0. The summed E-state index contributed by atoms with van der Waals surface area (Å²) in [6.07, 6.45) is 6.60. The third-order valence-corrected chi connectivity index (χ3v) is 5.49. The van der Waals surface area contributed by atoms with Crippen LogP contribution < -0.4 is 5.32 Å². The maximum absolute atomic E-state index is 12.4. The number of nitrogens with one attached hydrogen (secondary N) is 1. The van der Waals surface area contributed by atoms with Crippen molar-refractivity contribution in [1.82, 2.24) is 9.97 Å². The zero-order chi connectivity index (χ0) is 14.2. The van der Waals surface area contributed by atoms with E-state index < -0.39 is 0 Å². The standard InChI is InChI=1S/C16H17N3OS/c20-15(12-8-10-4-5-11(12)7-10)19-16-18-14(9-21-16)13-3-1-2-6-17-13/h1-3,6,9-12H,4-5,7-8H2,(H,18,19,20). The average Bonchev–Trinajstić information content (AvgIpc) is 3.24. The van der Waals surface area contributed by atoms with Crippen molar-refractivity contribution in [3.8, 4) is 11.4 Å². The van der Waals surface area contributed by atoms with E-state index in [1.807, 2.05) is 23.6 Å². The van der Waals surface area contributed by atoms with Gasteiger partial charge < -0.3 is 5.32 Å². The molecule has 1 N–H and O–H groups in total. The highest BCUT2D eigenvalue weighted by atomic mass is 32.1. The first-order valence-corrected chi connectivity index (χ1v) is 8.35. The minimum atomic E-state index is 0.157. The number of pyridine rings is 1. The number of rotatable bonds is 3. The summed E-state index contributed by atoms with van der Waals surface area (Å²) in [5, 5.41) is 5.63. The molecule has 2 heterocycles. The number of nitrogens with zero attached hydrogens (tertiary/aromatic N) is 2. The number of hydrogen-bond donors (Lipinski definition) is 1. The van der Waals surface area contributed by atoms with Crippen LogP contribution in [0.1, 0.15) is 25.7 Å². The Labute approximate surface area is 127 Å². The van der Waals surface area contributed by atoms with Crippen LogP contribution in [0.15, 0.2) is 29.8 Å². The Bertz CT molecular complexity index is 655. The van der Waals surface area contributed by atoms with E-state index in [9.17, 15) is 4.79 Å². The molecule has 4 rings (SSSR count). The molecule has 2 aliphatic rings. The zero-order valence-corrected chi connectivity index (χ0v) is 12.5. The van der Waals surface area contributed by atoms with Crippen LogP contribution in [-0.4, -0.2) is 15.9 Å². The van der Waals surface area contributed by atoms with E-state index in [2.05, 4.69) is 15.3 Å². The van der Waals surface area contributed by atoms with E-state index in [0.717, 1.165) is 23.7 Å². The third kappa shape index (κ3) is 2.46.